The number of halogens is 3. The third kappa shape index (κ3) is 1.85. The van der Waals surface area contributed by atoms with Gasteiger partial charge in [-0.25, -0.2) is 4.39 Å². The maximum atomic E-state index is 13.5. The van der Waals surface area contributed by atoms with Gasteiger partial charge in [-0.1, -0.05) is 16.8 Å². The fourth-order valence-electron chi connectivity index (χ4n) is 1.16. The predicted octanol–water partition coefficient (Wildman–Crippen LogP) is 3.48. The van der Waals surface area contributed by atoms with E-state index in [0.29, 0.717) is 4.47 Å². The van der Waals surface area contributed by atoms with E-state index in [4.69, 9.17) is 21.9 Å². The van der Waals surface area contributed by atoms with Crippen LogP contribution in [0.1, 0.15) is 0 Å². The molecule has 15 heavy (non-hydrogen) atoms. The molecule has 0 aliphatic carbocycles. The summed E-state index contributed by atoms with van der Waals surface area (Å²) in [6.07, 6.45) is 0. The van der Waals surface area contributed by atoms with E-state index in [0.717, 1.165) is 0 Å². The molecule has 0 aliphatic heterocycles. The van der Waals surface area contributed by atoms with E-state index < -0.39 is 5.82 Å². The molecule has 2 N–H and O–H groups in total. The normalized spacial score (nSPS) is 10.6. The molecule has 1 aromatic carbocycles. The zero-order valence-corrected chi connectivity index (χ0v) is 9.64. The van der Waals surface area contributed by atoms with E-state index >= 15 is 0 Å². The summed E-state index contributed by atoms with van der Waals surface area (Å²) in [6.45, 7) is 0. The standard InChI is InChI=1S/C9H5BrClFN2O/c10-4-1-2-5(12)8(9(4)11)6-3-7(13)14-15-6/h1-3H,(H2,13,14). The molecule has 78 valence electrons. The lowest BCUT2D eigenvalue weighted by Gasteiger charge is -2.03. The molecule has 0 atom stereocenters. The monoisotopic (exact) mass is 290 g/mol. The molecule has 3 nitrogen and oxygen atoms in total. The molecular weight excluding hydrogens is 286 g/mol. The third-order valence-corrected chi connectivity index (χ3v) is 3.10. The van der Waals surface area contributed by atoms with Crippen molar-refractivity contribution in [3.05, 3.63) is 33.5 Å². The molecule has 1 heterocycles. The molecule has 2 rings (SSSR count). The molecule has 0 aliphatic rings. The summed E-state index contributed by atoms with van der Waals surface area (Å²) in [5.41, 5.74) is 5.52. The molecule has 6 heteroatoms. The first kappa shape index (κ1) is 10.4. The van der Waals surface area contributed by atoms with Crippen molar-refractivity contribution in [2.75, 3.05) is 5.73 Å². The number of aromatic nitrogens is 1. The zero-order chi connectivity index (χ0) is 11.0. The maximum Gasteiger partial charge on any atom is 0.173 e. The van der Waals surface area contributed by atoms with Gasteiger partial charge in [0, 0.05) is 10.5 Å². The number of hydrogen-bond acceptors (Lipinski definition) is 3. The minimum absolute atomic E-state index is 0.148. The van der Waals surface area contributed by atoms with Crippen LogP contribution in [0.3, 0.4) is 0 Å². The quantitative estimate of drug-likeness (QED) is 0.818. The van der Waals surface area contributed by atoms with Gasteiger partial charge in [-0.2, -0.15) is 0 Å². The van der Waals surface area contributed by atoms with E-state index in [1.165, 1.54) is 18.2 Å². The Balaban J connectivity index is 2.66. The first-order valence-corrected chi connectivity index (χ1v) is 5.12. The van der Waals surface area contributed by atoms with Crippen molar-refractivity contribution in [3.63, 3.8) is 0 Å². The van der Waals surface area contributed by atoms with E-state index in [9.17, 15) is 4.39 Å². The number of rotatable bonds is 1. The van der Waals surface area contributed by atoms with Gasteiger partial charge in [0.25, 0.3) is 0 Å². The molecule has 0 amide bonds. The van der Waals surface area contributed by atoms with Gasteiger partial charge in [-0.3, -0.25) is 0 Å². The van der Waals surface area contributed by atoms with Crippen LogP contribution in [-0.4, -0.2) is 5.16 Å². The summed E-state index contributed by atoms with van der Waals surface area (Å²) >= 11 is 9.12. The zero-order valence-electron chi connectivity index (χ0n) is 7.30. The van der Waals surface area contributed by atoms with Crippen LogP contribution in [0, 0.1) is 5.82 Å². The van der Waals surface area contributed by atoms with E-state index in [1.54, 1.807) is 0 Å². The topological polar surface area (TPSA) is 52.0 Å². The van der Waals surface area contributed by atoms with E-state index in [1.807, 2.05) is 0 Å². The average Bonchev–Trinajstić information content (AvgIpc) is 2.59. The van der Waals surface area contributed by atoms with Gasteiger partial charge in [0.05, 0.1) is 10.6 Å². The van der Waals surface area contributed by atoms with Crippen LogP contribution in [0.5, 0.6) is 0 Å². The smallest absolute Gasteiger partial charge is 0.173 e. The summed E-state index contributed by atoms with van der Waals surface area (Å²) in [5, 5.41) is 3.69. The Bertz CT molecular complexity index is 515. The van der Waals surface area contributed by atoms with Crippen LogP contribution in [0.25, 0.3) is 11.3 Å². The molecule has 0 unspecified atom stereocenters. The molecule has 0 fully saturated rings. The van der Waals surface area contributed by atoms with Crippen LogP contribution < -0.4 is 5.73 Å². The second kappa shape index (κ2) is 3.83. The lowest BCUT2D eigenvalue weighted by Crippen LogP contribution is -1.85. The van der Waals surface area contributed by atoms with Crippen LogP contribution in [0.4, 0.5) is 10.2 Å². The Morgan fingerprint density at radius 1 is 1.47 bits per heavy atom. The van der Waals surface area contributed by atoms with Gasteiger partial charge in [-0.05, 0) is 28.1 Å². The Labute approximate surface area is 98.1 Å². The van der Waals surface area contributed by atoms with Crippen LogP contribution >= 0.6 is 27.5 Å². The van der Waals surface area contributed by atoms with Gasteiger partial charge < -0.3 is 10.3 Å². The van der Waals surface area contributed by atoms with Crippen molar-refractivity contribution in [1.29, 1.82) is 0 Å². The highest BCUT2D eigenvalue weighted by Gasteiger charge is 2.16. The summed E-state index contributed by atoms with van der Waals surface area (Å²) in [5.74, 6) is -0.101. The molecule has 0 saturated heterocycles. The second-order valence-corrected chi connectivity index (χ2v) is 4.07. The Morgan fingerprint density at radius 2 is 2.20 bits per heavy atom. The Kier molecular flexibility index (Phi) is 2.67. The number of nitrogen functional groups attached to an aromatic ring is 1. The first-order chi connectivity index (χ1) is 7.09. The second-order valence-electron chi connectivity index (χ2n) is 2.83. The molecule has 0 radical (unpaired) electrons. The van der Waals surface area contributed by atoms with Gasteiger partial charge in [0.2, 0.25) is 0 Å². The Morgan fingerprint density at radius 3 is 2.80 bits per heavy atom. The minimum Gasteiger partial charge on any atom is -0.381 e. The average molecular weight is 292 g/mol. The molecule has 0 spiro atoms. The molecule has 0 saturated carbocycles. The molecule has 2 aromatic rings. The van der Waals surface area contributed by atoms with Gasteiger partial charge in [-0.15, -0.1) is 0 Å². The summed E-state index contributed by atoms with van der Waals surface area (Å²) in [7, 11) is 0. The third-order valence-electron chi connectivity index (χ3n) is 1.82. The molecular formula is C9H5BrClFN2O. The first-order valence-electron chi connectivity index (χ1n) is 3.95. The van der Waals surface area contributed by atoms with Gasteiger partial charge in [0.1, 0.15) is 5.82 Å². The highest BCUT2D eigenvalue weighted by molar-refractivity contribution is 9.10. The number of benzene rings is 1. The van der Waals surface area contributed by atoms with E-state index in [2.05, 4.69) is 21.1 Å². The van der Waals surface area contributed by atoms with Crippen molar-refractivity contribution < 1.29 is 8.91 Å². The van der Waals surface area contributed by atoms with Crippen molar-refractivity contribution in [3.8, 4) is 11.3 Å². The summed E-state index contributed by atoms with van der Waals surface area (Å²) in [4.78, 5) is 0. The lowest BCUT2D eigenvalue weighted by atomic mass is 10.1. The van der Waals surface area contributed by atoms with Crippen molar-refractivity contribution in [2.24, 2.45) is 0 Å². The Hall–Kier alpha value is -1.07. The SMILES string of the molecule is Nc1cc(-c2c(F)ccc(Br)c2Cl)on1. The van der Waals surface area contributed by atoms with Crippen LogP contribution in [0.15, 0.2) is 27.2 Å². The van der Waals surface area contributed by atoms with E-state index in [-0.39, 0.29) is 22.2 Å². The highest BCUT2D eigenvalue weighted by atomic mass is 79.9. The molecule has 0 bridgehead atoms. The van der Waals surface area contributed by atoms with Crippen LogP contribution in [0.2, 0.25) is 5.02 Å². The van der Waals surface area contributed by atoms with Crippen molar-refractivity contribution in [2.45, 2.75) is 0 Å². The number of nitrogens with zero attached hydrogens (tertiary/aromatic N) is 1. The van der Waals surface area contributed by atoms with Crippen molar-refractivity contribution >= 4 is 33.3 Å². The van der Waals surface area contributed by atoms with Gasteiger partial charge >= 0.3 is 0 Å². The van der Waals surface area contributed by atoms with Crippen LogP contribution in [-0.2, 0) is 0 Å². The van der Waals surface area contributed by atoms with Gasteiger partial charge in [0.15, 0.2) is 11.6 Å². The number of nitrogens with two attached hydrogens (primary N) is 1. The number of hydrogen-bond donors (Lipinski definition) is 1. The largest absolute Gasteiger partial charge is 0.381 e. The van der Waals surface area contributed by atoms with Crippen molar-refractivity contribution in [1.82, 2.24) is 5.16 Å². The fourth-order valence-corrected chi connectivity index (χ4v) is 1.74. The number of anilines is 1. The minimum atomic E-state index is -0.487. The summed E-state index contributed by atoms with van der Waals surface area (Å²) < 4.78 is 18.9. The highest BCUT2D eigenvalue weighted by Crippen LogP contribution is 2.36. The lowest BCUT2D eigenvalue weighted by molar-refractivity contribution is 0.433. The predicted molar refractivity (Wildman–Crippen MR) is 59.0 cm³/mol. The maximum absolute atomic E-state index is 13.5. The molecule has 1 aromatic heterocycles. The summed E-state index contributed by atoms with van der Waals surface area (Å²) in [6, 6.07) is 4.21. The fraction of sp³-hybridized carbons (Fsp3) is 0.